The predicted molar refractivity (Wildman–Crippen MR) is 107 cm³/mol. The highest BCUT2D eigenvalue weighted by Gasteiger charge is 2.34. The molecule has 136 valence electrons. The first-order chi connectivity index (χ1) is 13.0. The lowest BCUT2D eigenvalue weighted by Crippen LogP contribution is -2.33. The molecule has 0 spiro atoms. The topological polar surface area (TPSA) is 76.8 Å². The summed E-state index contributed by atoms with van der Waals surface area (Å²) < 4.78 is 11.7. The molecule has 0 saturated carbocycles. The van der Waals surface area contributed by atoms with Gasteiger partial charge in [-0.15, -0.1) is 0 Å². The number of halogens is 1. The van der Waals surface area contributed by atoms with Crippen molar-refractivity contribution in [3.05, 3.63) is 73.1 Å². The number of ether oxygens (including phenoxy) is 1. The van der Waals surface area contributed by atoms with Gasteiger partial charge in [0.05, 0.1) is 21.2 Å². The van der Waals surface area contributed by atoms with E-state index >= 15 is 0 Å². The molecule has 6 nitrogen and oxygen atoms in total. The molecule has 2 heterocycles. The minimum Gasteiger partial charge on any atom is -0.490 e. The smallest absolute Gasteiger partial charge is 0.336 e. The first-order valence-corrected chi connectivity index (χ1v) is 9.36. The Labute approximate surface area is 167 Å². The average molecular weight is 475 g/mol. The summed E-state index contributed by atoms with van der Waals surface area (Å²) in [7, 11) is 0. The quantitative estimate of drug-likeness (QED) is 0.329. The number of amides is 2. The van der Waals surface area contributed by atoms with Gasteiger partial charge in [-0.2, -0.15) is 0 Å². The lowest BCUT2D eigenvalue weighted by Gasteiger charge is -2.15. The Morgan fingerprint density at radius 2 is 1.70 bits per heavy atom. The number of aryl methyl sites for hydroxylation is 1. The molecule has 1 aromatic heterocycles. The Morgan fingerprint density at radius 3 is 2.37 bits per heavy atom. The van der Waals surface area contributed by atoms with Crippen molar-refractivity contribution in [2.24, 2.45) is 0 Å². The van der Waals surface area contributed by atoms with Gasteiger partial charge >= 0.3 is 5.63 Å². The monoisotopic (exact) mass is 475 g/mol. The maximum atomic E-state index is 12.4. The van der Waals surface area contributed by atoms with Crippen molar-refractivity contribution >= 4 is 45.4 Å². The van der Waals surface area contributed by atoms with Crippen LogP contribution in [0, 0.1) is 10.5 Å². The molecule has 3 aromatic rings. The normalized spacial score (nSPS) is 13.3. The van der Waals surface area contributed by atoms with Crippen molar-refractivity contribution < 1.29 is 18.7 Å². The Bertz CT molecular complexity index is 1120. The largest absolute Gasteiger partial charge is 0.490 e. The van der Waals surface area contributed by atoms with Crippen molar-refractivity contribution in [3.63, 3.8) is 0 Å². The molecule has 1 aliphatic rings. The molecule has 4 rings (SSSR count). The van der Waals surface area contributed by atoms with Crippen LogP contribution in [0.25, 0.3) is 11.0 Å². The van der Waals surface area contributed by atoms with E-state index in [4.69, 9.17) is 9.15 Å². The van der Waals surface area contributed by atoms with Crippen LogP contribution < -0.4 is 10.4 Å². The number of nitrogens with zero attached hydrogens (tertiary/aromatic N) is 1. The molecule has 0 fully saturated rings. The summed E-state index contributed by atoms with van der Waals surface area (Å²) in [5.41, 5.74) is 1.72. The molecule has 0 atom stereocenters. The second-order valence-corrected chi connectivity index (χ2v) is 7.24. The molecule has 0 radical (unpaired) electrons. The van der Waals surface area contributed by atoms with Gasteiger partial charge in [0.25, 0.3) is 11.8 Å². The number of carbonyl (C=O) groups is 2. The van der Waals surface area contributed by atoms with E-state index in [1.54, 1.807) is 30.3 Å². The standard InChI is InChI=1S/C20H14INO5/c1-11-10-16(23)27-18-12(11)6-7-15(17(18)21)26-9-8-22-19(24)13-4-2-3-5-14(13)20(22)25/h2-7,10H,8-9H2,1H3. The van der Waals surface area contributed by atoms with E-state index in [0.717, 1.165) is 10.9 Å². The van der Waals surface area contributed by atoms with Gasteiger partial charge in [0, 0.05) is 11.5 Å². The van der Waals surface area contributed by atoms with Gasteiger partial charge in [-0.05, 0) is 59.3 Å². The van der Waals surface area contributed by atoms with Crippen molar-refractivity contribution in [2.75, 3.05) is 13.2 Å². The Morgan fingerprint density at radius 1 is 1.04 bits per heavy atom. The Hall–Kier alpha value is -2.68. The highest BCUT2D eigenvalue weighted by molar-refractivity contribution is 14.1. The van der Waals surface area contributed by atoms with Gasteiger partial charge in [-0.3, -0.25) is 14.5 Å². The lowest BCUT2D eigenvalue weighted by atomic mass is 10.1. The van der Waals surface area contributed by atoms with Crippen LogP contribution in [0.1, 0.15) is 26.3 Å². The lowest BCUT2D eigenvalue weighted by molar-refractivity contribution is 0.0631. The van der Waals surface area contributed by atoms with Crippen molar-refractivity contribution in [3.8, 4) is 5.75 Å². The number of fused-ring (bicyclic) bond motifs is 2. The summed E-state index contributed by atoms with van der Waals surface area (Å²) in [5.74, 6) is -0.0866. The fourth-order valence-electron chi connectivity index (χ4n) is 3.13. The Balaban J connectivity index is 1.52. The minimum absolute atomic E-state index is 0.137. The van der Waals surface area contributed by atoms with Crippen LogP contribution in [0.15, 0.2) is 51.7 Å². The van der Waals surface area contributed by atoms with E-state index in [1.165, 1.54) is 11.0 Å². The molecule has 0 saturated heterocycles. The zero-order chi connectivity index (χ0) is 19.1. The van der Waals surface area contributed by atoms with E-state index in [0.29, 0.717) is 26.0 Å². The number of carbonyl (C=O) groups excluding carboxylic acids is 2. The van der Waals surface area contributed by atoms with Crippen LogP contribution in [-0.2, 0) is 0 Å². The fraction of sp³-hybridized carbons (Fsp3) is 0.150. The molecular formula is C20H14INO5. The molecule has 0 unspecified atom stereocenters. The molecule has 1 aliphatic heterocycles. The molecule has 27 heavy (non-hydrogen) atoms. The number of hydrogen-bond acceptors (Lipinski definition) is 5. The second-order valence-electron chi connectivity index (χ2n) is 6.16. The van der Waals surface area contributed by atoms with E-state index in [9.17, 15) is 14.4 Å². The first-order valence-electron chi connectivity index (χ1n) is 8.28. The minimum atomic E-state index is -0.416. The van der Waals surface area contributed by atoms with Crippen LogP contribution in [-0.4, -0.2) is 29.9 Å². The molecule has 0 N–H and O–H groups in total. The summed E-state index contributed by atoms with van der Waals surface area (Å²) in [4.78, 5) is 37.6. The number of rotatable bonds is 4. The predicted octanol–water partition coefficient (Wildman–Crippen LogP) is 3.38. The van der Waals surface area contributed by atoms with E-state index in [-0.39, 0.29) is 25.0 Å². The van der Waals surface area contributed by atoms with Crippen molar-refractivity contribution in [1.29, 1.82) is 0 Å². The van der Waals surface area contributed by atoms with Crippen LogP contribution in [0.5, 0.6) is 5.75 Å². The summed E-state index contributed by atoms with van der Waals surface area (Å²) in [5, 5.41) is 0.840. The van der Waals surface area contributed by atoms with Gasteiger partial charge < -0.3 is 9.15 Å². The summed E-state index contributed by atoms with van der Waals surface area (Å²) in [6.07, 6.45) is 0. The molecule has 2 amide bonds. The molecule has 7 heteroatoms. The number of hydrogen-bond donors (Lipinski definition) is 0. The average Bonchev–Trinajstić information content (AvgIpc) is 2.89. The van der Waals surface area contributed by atoms with Crippen LogP contribution in [0.3, 0.4) is 0 Å². The van der Waals surface area contributed by atoms with Crippen LogP contribution in [0.2, 0.25) is 0 Å². The van der Waals surface area contributed by atoms with Gasteiger partial charge in [-0.25, -0.2) is 4.79 Å². The Kier molecular flexibility index (Phi) is 4.47. The summed E-state index contributed by atoms with van der Waals surface area (Å²) in [6.45, 7) is 2.12. The molecular weight excluding hydrogens is 461 g/mol. The SMILES string of the molecule is Cc1cc(=O)oc2c(I)c(OCCN3C(=O)c4ccccc4C3=O)ccc12. The van der Waals surface area contributed by atoms with Crippen LogP contribution in [0.4, 0.5) is 0 Å². The molecule has 0 bridgehead atoms. The highest BCUT2D eigenvalue weighted by atomic mass is 127. The molecule has 2 aromatic carbocycles. The van der Waals surface area contributed by atoms with Gasteiger partial charge in [0.1, 0.15) is 12.4 Å². The summed E-state index contributed by atoms with van der Waals surface area (Å²) in [6, 6.07) is 11.8. The van der Waals surface area contributed by atoms with E-state index in [1.807, 2.05) is 13.0 Å². The second kappa shape index (κ2) is 6.80. The van der Waals surface area contributed by atoms with Gasteiger partial charge in [0.2, 0.25) is 0 Å². The third kappa shape index (κ3) is 3.01. The van der Waals surface area contributed by atoms with Crippen molar-refractivity contribution in [1.82, 2.24) is 4.90 Å². The fourth-order valence-corrected chi connectivity index (χ4v) is 3.87. The van der Waals surface area contributed by atoms with E-state index in [2.05, 4.69) is 22.6 Å². The number of benzene rings is 2. The molecule has 0 aliphatic carbocycles. The first kappa shape index (κ1) is 17.7. The van der Waals surface area contributed by atoms with Crippen LogP contribution >= 0.6 is 22.6 Å². The third-order valence-corrected chi connectivity index (χ3v) is 5.50. The summed E-state index contributed by atoms with van der Waals surface area (Å²) >= 11 is 2.06. The number of imide groups is 1. The zero-order valence-electron chi connectivity index (χ0n) is 14.3. The van der Waals surface area contributed by atoms with Gasteiger partial charge in [0.15, 0.2) is 5.58 Å². The van der Waals surface area contributed by atoms with Crippen molar-refractivity contribution in [2.45, 2.75) is 6.92 Å². The van der Waals surface area contributed by atoms with Gasteiger partial charge in [-0.1, -0.05) is 12.1 Å². The third-order valence-electron chi connectivity index (χ3n) is 4.47. The maximum absolute atomic E-state index is 12.4. The van der Waals surface area contributed by atoms with E-state index < -0.39 is 5.63 Å². The highest BCUT2D eigenvalue weighted by Crippen LogP contribution is 2.30. The zero-order valence-corrected chi connectivity index (χ0v) is 16.5. The maximum Gasteiger partial charge on any atom is 0.336 e.